The third-order valence-electron chi connectivity index (χ3n) is 2.20. The monoisotopic (exact) mass is 267 g/mol. The Hall–Kier alpha value is -2.24. The lowest BCUT2D eigenvalue weighted by Crippen LogP contribution is -2.29. The van der Waals surface area contributed by atoms with Crippen molar-refractivity contribution in [2.45, 2.75) is 20.0 Å². The average Bonchev–Trinajstić information content (AvgIpc) is 2.35. The maximum Gasteiger partial charge on any atom is 0.322 e. The lowest BCUT2D eigenvalue weighted by atomic mass is 10.1. The van der Waals surface area contributed by atoms with Gasteiger partial charge in [-0.25, -0.2) is 0 Å². The average molecular weight is 267 g/mol. The summed E-state index contributed by atoms with van der Waals surface area (Å²) in [6.45, 7) is 3.23. The fourth-order valence-electron chi connectivity index (χ4n) is 1.42. The summed E-state index contributed by atoms with van der Waals surface area (Å²) in [5, 5.41) is 10.8. The van der Waals surface area contributed by atoms with Crippen molar-refractivity contribution in [3.8, 4) is 11.5 Å². The Bertz CT molecular complexity index is 470. The molecule has 104 valence electrons. The van der Waals surface area contributed by atoms with E-state index in [4.69, 9.17) is 14.6 Å². The minimum Gasteiger partial charge on any atom is -0.497 e. The number of ether oxygens (including phenoxy) is 2. The van der Waals surface area contributed by atoms with E-state index in [9.17, 15) is 9.59 Å². The second kappa shape index (κ2) is 6.63. The summed E-state index contributed by atoms with van der Waals surface area (Å²) in [5.74, 6) is -0.684. The van der Waals surface area contributed by atoms with Gasteiger partial charge in [-0.3, -0.25) is 9.59 Å². The van der Waals surface area contributed by atoms with Crippen molar-refractivity contribution >= 4 is 11.9 Å². The van der Waals surface area contributed by atoms with E-state index in [2.05, 4.69) is 5.32 Å². The molecule has 2 N–H and O–H groups in total. The van der Waals surface area contributed by atoms with Gasteiger partial charge in [-0.2, -0.15) is 0 Å². The highest BCUT2D eigenvalue weighted by Crippen LogP contribution is 2.25. The van der Waals surface area contributed by atoms with E-state index in [1.54, 1.807) is 12.1 Å². The third-order valence-corrected chi connectivity index (χ3v) is 2.20. The molecule has 6 nitrogen and oxygen atoms in total. The molecule has 0 saturated heterocycles. The zero-order chi connectivity index (χ0) is 14.4. The van der Waals surface area contributed by atoms with Crippen molar-refractivity contribution in [1.82, 2.24) is 5.32 Å². The number of nitrogens with one attached hydrogen (secondary N) is 1. The molecule has 6 heteroatoms. The summed E-state index contributed by atoms with van der Waals surface area (Å²) in [7, 11) is 1.51. The first kappa shape index (κ1) is 14.8. The summed E-state index contributed by atoms with van der Waals surface area (Å²) < 4.78 is 10.6. The Morgan fingerprint density at radius 3 is 2.58 bits per heavy atom. The van der Waals surface area contributed by atoms with E-state index in [0.717, 1.165) is 0 Å². The number of benzene rings is 1. The van der Waals surface area contributed by atoms with Crippen LogP contribution >= 0.6 is 0 Å². The molecular weight excluding hydrogens is 250 g/mol. The molecule has 0 heterocycles. The molecule has 0 radical (unpaired) electrons. The van der Waals surface area contributed by atoms with Crippen molar-refractivity contribution < 1.29 is 24.2 Å². The molecular formula is C13H17NO5. The molecule has 1 amide bonds. The summed E-state index contributed by atoms with van der Waals surface area (Å²) in [4.78, 5) is 22.3. The van der Waals surface area contributed by atoms with Crippen molar-refractivity contribution in [2.24, 2.45) is 0 Å². The van der Waals surface area contributed by atoms with E-state index in [1.807, 2.05) is 13.8 Å². The summed E-state index contributed by atoms with van der Waals surface area (Å²) >= 11 is 0. The summed E-state index contributed by atoms with van der Waals surface area (Å²) in [6, 6.07) is 4.74. The van der Waals surface area contributed by atoms with E-state index < -0.39 is 18.4 Å². The molecule has 0 unspecified atom stereocenters. The van der Waals surface area contributed by atoms with Gasteiger partial charge in [-0.1, -0.05) is 0 Å². The van der Waals surface area contributed by atoms with Crippen LogP contribution in [0.1, 0.15) is 24.2 Å². The van der Waals surface area contributed by atoms with Crippen LogP contribution in [-0.2, 0) is 4.79 Å². The van der Waals surface area contributed by atoms with E-state index >= 15 is 0 Å². The van der Waals surface area contributed by atoms with Crippen LogP contribution in [0.5, 0.6) is 11.5 Å². The number of carbonyl (C=O) groups is 2. The Morgan fingerprint density at radius 1 is 1.37 bits per heavy atom. The van der Waals surface area contributed by atoms with Crippen LogP contribution in [0.4, 0.5) is 0 Å². The molecule has 1 rings (SSSR count). The van der Waals surface area contributed by atoms with Crippen LogP contribution < -0.4 is 14.8 Å². The number of hydrogen-bond acceptors (Lipinski definition) is 4. The number of rotatable bonds is 6. The molecule has 1 aromatic carbocycles. The second-order valence-corrected chi connectivity index (χ2v) is 4.11. The van der Waals surface area contributed by atoms with Crippen LogP contribution in [0, 0.1) is 0 Å². The molecule has 0 bridgehead atoms. The van der Waals surface area contributed by atoms with Crippen LogP contribution in [0.2, 0.25) is 0 Å². The predicted octanol–water partition coefficient (Wildman–Crippen LogP) is 1.30. The van der Waals surface area contributed by atoms with Gasteiger partial charge in [0.05, 0.1) is 18.8 Å². The summed E-state index contributed by atoms with van der Waals surface area (Å²) in [5.41, 5.74) is 0.274. The van der Waals surface area contributed by atoms with Gasteiger partial charge in [-0.15, -0.1) is 0 Å². The predicted molar refractivity (Wildman–Crippen MR) is 68.7 cm³/mol. The zero-order valence-corrected chi connectivity index (χ0v) is 11.1. The van der Waals surface area contributed by atoms with Gasteiger partial charge in [0.25, 0.3) is 5.91 Å². The molecule has 0 aliphatic heterocycles. The fraction of sp³-hybridized carbons (Fsp3) is 0.385. The zero-order valence-electron chi connectivity index (χ0n) is 11.1. The largest absolute Gasteiger partial charge is 0.497 e. The molecule has 0 fully saturated rings. The lowest BCUT2D eigenvalue weighted by Gasteiger charge is -2.15. The molecule has 19 heavy (non-hydrogen) atoms. The maximum absolute atomic E-state index is 11.9. The highest BCUT2D eigenvalue weighted by Gasteiger charge is 2.15. The van der Waals surface area contributed by atoms with Gasteiger partial charge in [0.2, 0.25) is 0 Å². The minimum atomic E-state index is -1.10. The third kappa shape index (κ3) is 4.50. The number of hydrogen-bond donors (Lipinski definition) is 2. The number of carboxylic acid groups (broad SMARTS) is 1. The number of methoxy groups -OCH3 is 1. The van der Waals surface area contributed by atoms with Gasteiger partial charge < -0.3 is 19.9 Å². The normalized spacial score (nSPS) is 10.1. The Labute approximate surface area is 111 Å². The molecule has 0 aromatic heterocycles. The van der Waals surface area contributed by atoms with Gasteiger partial charge in [0, 0.05) is 6.07 Å². The topological polar surface area (TPSA) is 84.9 Å². The first-order valence-corrected chi connectivity index (χ1v) is 5.78. The van der Waals surface area contributed by atoms with E-state index in [-0.39, 0.29) is 11.7 Å². The molecule has 0 aliphatic carbocycles. The van der Waals surface area contributed by atoms with Crippen LogP contribution in [-0.4, -0.2) is 36.7 Å². The summed E-state index contributed by atoms with van der Waals surface area (Å²) in [6.07, 6.45) is -0.113. The Balaban J connectivity index is 2.97. The standard InChI is InChI=1S/C13H17NO5/c1-8(2)19-11-6-9(18-3)4-5-10(11)13(17)14-7-12(15)16/h4-6,8H,7H2,1-3H3,(H,14,17)(H,15,16). The van der Waals surface area contributed by atoms with Gasteiger partial charge in [0.15, 0.2) is 0 Å². The van der Waals surface area contributed by atoms with Gasteiger partial charge >= 0.3 is 5.97 Å². The number of carbonyl (C=O) groups excluding carboxylic acids is 1. The minimum absolute atomic E-state index is 0.113. The van der Waals surface area contributed by atoms with Crippen molar-refractivity contribution in [3.05, 3.63) is 23.8 Å². The van der Waals surface area contributed by atoms with Crippen molar-refractivity contribution in [3.63, 3.8) is 0 Å². The first-order valence-electron chi connectivity index (χ1n) is 5.78. The number of aliphatic carboxylic acids is 1. The smallest absolute Gasteiger partial charge is 0.322 e. The Kier molecular flexibility index (Phi) is 5.17. The highest BCUT2D eigenvalue weighted by atomic mass is 16.5. The fourth-order valence-corrected chi connectivity index (χ4v) is 1.42. The number of carboxylic acids is 1. The van der Waals surface area contributed by atoms with Crippen molar-refractivity contribution in [1.29, 1.82) is 0 Å². The molecule has 1 aromatic rings. The van der Waals surface area contributed by atoms with E-state index in [1.165, 1.54) is 13.2 Å². The van der Waals surface area contributed by atoms with Gasteiger partial charge in [0.1, 0.15) is 18.0 Å². The van der Waals surface area contributed by atoms with Crippen LogP contribution in [0.3, 0.4) is 0 Å². The molecule has 0 saturated carbocycles. The van der Waals surface area contributed by atoms with Crippen LogP contribution in [0.15, 0.2) is 18.2 Å². The molecule has 0 atom stereocenters. The highest BCUT2D eigenvalue weighted by molar-refractivity contribution is 5.98. The maximum atomic E-state index is 11.9. The Morgan fingerprint density at radius 2 is 2.05 bits per heavy atom. The quantitative estimate of drug-likeness (QED) is 0.811. The first-order chi connectivity index (χ1) is 8.93. The second-order valence-electron chi connectivity index (χ2n) is 4.11. The number of amides is 1. The molecule has 0 aliphatic rings. The van der Waals surface area contributed by atoms with E-state index in [0.29, 0.717) is 11.5 Å². The lowest BCUT2D eigenvalue weighted by molar-refractivity contribution is -0.135. The SMILES string of the molecule is COc1ccc(C(=O)NCC(=O)O)c(OC(C)C)c1. The van der Waals surface area contributed by atoms with Crippen LogP contribution in [0.25, 0.3) is 0 Å². The van der Waals surface area contributed by atoms with Gasteiger partial charge in [-0.05, 0) is 26.0 Å². The van der Waals surface area contributed by atoms with Crippen molar-refractivity contribution in [2.75, 3.05) is 13.7 Å². The molecule has 0 spiro atoms.